The molecule has 114 valence electrons. The van der Waals surface area contributed by atoms with Crippen LogP contribution in [0, 0.1) is 0 Å². The summed E-state index contributed by atoms with van der Waals surface area (Å²) in [5.74, 6) is -0.961. The summed E-state index contributed by atoms with van der Waals surface area (Å²) < 4.78 is 5.67. The van der Waals surface area contributed by atoms with Crippen LogP contribution < -0.4 is 4.90 Å². The molecule has 1 heterocycles. The molecule has 1 N–H and O–H groups in total. The van der Waals surface area contributed by atoms with E-state index in [0.29, 0.717) is 4.47 Å². The number of benzene rings is 1. The molecular formula is C15H13BrN2O4. The van der Waals surface area contributed by atoms with E-state index < -0.39 is 18.6 Å². The number of carbonyl (C=O) groups is 2. The second-order valence-electron chi connectivity index (χ2n) is 4.33. The smallest absolute Gasteiger partial charge is 0.416 e. The molecule has 0 saturated carbocycles. The van der Waals surface area contributed by atoms with Crippen LogP contribution in [0.15, 0.2) is 53.1 Å². The fraction of sp³-hybridized carbons (Fsp3) is 0.133. The number of ether oxygens (including phenoxy) is 1. The highest BCUT2D eigenvalue weighted by Gasteiger charge is 2.23. The van der Waals surface area contributed by atoms with E-state index in [9.17, 15) is 9.59 Å². The summed E-state index contributed by atoms with van der Waals surface area (Å²) in [6.45, 7) is -0.483. The van der Waals surface area contributed by atoms with Crippen LogP contribution in [0.3, 0.4) is 0 Å². The summed E-state index contributed by atoms with van der Waals surface area (Å²) in [6, 6.07) is 12.5. The average Bonchev–Trinajstić information content (AvgIpc) is 2.52. The number of carboxylic acids is 1. The van der Waals surface area contributed by atoms with Gasteiger partial charge in [-0.2, -0.15) is 0 Å². The Kier molecular flexibility index (Phi) is 5.48. The number of carboxylic acid groups (broad SMARTS) is 1. The van der Waals surface area contributed by atoms with Crippen molar-refractivity contribution in [3.05, 3.63) is 58.7 Å². The number of pyridine rings is 1. The number of hydrogen-bond acceptors (Lipinski definition) is 4. The van der Waals surface area contributed by atoms with Gasteiger partial charge in [-0.1, -0.05) is 30.3 Å². The Morgan fingerprint density at radius 2 is 1.91 bits per heavy atom. The van der Waals surface area contributed by atoms with Crippen LogP contribution in [0.4, 0.5) is 10.6 Å². The van der Waals surface area contributed by atoms with E-state index >= 15 is 0 Å². The Bertz CT molecular complexity index is 664. The quantitative estimate of drug-likeness (QED) is 0.881. The van der Waals surface area contributed by atoms with Crippen molar-refractivity contribution in [3.8, 4) is 0 Å². The van der Waals surface area contributed by atoms with Gasteiger partial charge in [-0.05, 0) is 33.6 Å². The fourth-order valence-corrected chi connectivity index (χ4v) is 2.20. The van der Waals surface area contributed by atoms with E-state index in [-0.39, 0.29) is 12.4 Å². The van der Waals surface area contributed by atoms with Gasteiger partial charge >= 0.3 is 12.1 Å². The first-order valence-electron chi connectivity index (χ1n) is 6.38. The summed E-state index contributed by atoms with van der Waals surface area (Å²) in [4.78, 5) is 28.2. The Labute approximate surface area is 135 Å². The molecular weight excluding hydrogens is 352 g/mol. The third-order valence-corrected chi connectivity index (χ3v) is 3.33. The molecule has 0 aliphatic rings. The lowest BCUT2D eigenvalue weighted by atomic mass is 10.2. The second kappa shape index (κ2) is 7.56. The zero-order valence-corrected chi connectivity index (χ0v) is 13.1. The topological polar surface area (TPSA) is 79.7 Å². The van der Waals surface area contributed by atoms with Crippen molar-refractivity contribution < 1.29 is 19.4 Å². The number of nitrogens with zero attached hydrogens (tertiary/aromatic N) is 2. The number of amides is 1. The second-order valence-corrected chi connectivity index (χ2v) is 5.18. The third kappa shape index (κ3) is 4.29. The van der Waals surface area contributed by atoms with E-state index in [0.717, 1.165) is 10.5 Å². The Hall–Kier alpha value is -2.41. The predicted molar refractivity (Wildman–Crippen MR) is 83.5 cm³/mol. The maximum atomic E-state index is 12.2. The average molecular weight is 365 g/mol. The number of rotatable bonds is 5. The molecule has 0 radical (unpaired) electrons. The maximum Gasteiger partial charge on any atom is 0.416 e. The number of hydrogen-bond donors (Lipinski definition) is 1. The molecule has 0 saturated heterocycles. The van der Waals surface area contributed by atoms with Gasteiger partial charge in [-0.25, -0.2) is 14.7 Å². The first kappa shape index (κ1) is 16.0. The molecule has 0 bridgehead atoms. The predicted octanol–water partition coefficient (Wildman–Crippen LogP) is 3.07. The van der Waals surface area contributed by atoms with Gasteiger partial charge in [0.1, 0.15) is 13.2 Å². The minimum atomic E-state index is -1.16. The van der Waals surface area contributed by atoms with E-state index in [1.54, 1.807) is 12.1 Å². The van der Waals surface area contributed by atoms with E-state index in [1.165, 1.54) is 6.20 Å². The Morgan fingerprint density at radius 1 is 1.18 bits per heavy atom. The highest BCUT2D eigenvalue weighted by molar-refractivity contribution is 9.10. The highest BCUT2D eigenvalue weighted by atomic mass is 79.9. The molecule has 0 atom stereocenters. The van der Waals surface area contributed by atoms with Crippen molar-refractivity contribution >= 4 is 33.8 Å². The van der Waals surface area contributed by atoms with Crippen molar-refractivity contribution in [3.63, 3.8) is 0 Å². The van der Waals surface area contributed by atoms with Crippen molar-refractivity contribution in [2.45, 2.75) is 6.61 Å². The molecule has 22 heavy (non-hydrogen) atoms. The van der Waals surface area contributed by atoms with Crippen LogP contribution in [0.2, 0.25) is 0 Å². The molecule has 2 aromatic rings. The molecule has 0 aliphatic carbocycles. The summed E-state index contributed by atoms with van der Waals surface area (Å²) >= 11 is 3.25. The van der Waals surface area contributed by atoms with Gasteiger partial charge < -0.3 is 9.84 Å². The van der Waals surface area contributed by atoms with Gasteiger partial charge in [0.2, 0.25) is 0 Å². The van der Waals surface area contributed by atoms with Gasteiger partial charge in [-0.15, -0.1) is 0 Å². The zero-order chi connectivity index (χ0) is 15.9. The van der Waals surface area contributed by atoms with Gasteiger partial charge in [0.15, 0.2) is 5.82 Å². The Morgan fingerprint density at radius 3 is 2.55 bits per heavy atom. The molecule has 0 unspecified atom stereocenters. The standard InChI is InChI=1S/C15H13BrN2O4/c16-12-7-4-8-17-14(12)18(9-13(19)20)15(21)22-10-11-5-2-1-3-6-11/h1-8H,9-10H2,(H,19,20). The summed E-state index contributed by atoms with van der Waals surface area (Å²) in [5, 5.41) is 8.98. The molecule has 0 fully saturated rings. The van der Waals surface area contributed by atoms with Crippen LogP contribution in [-0.2, 0) is 16.1 Å². The van der Waals surface area contributed by atoms with Crippen molar-refractivity contribution in [1.82, 2.24) is 4.98 Å². The van der Waals surface area contributed by atoms with E-state index in [2.05, 4.69) is 20.9 Å². The number of halogens is 1. The molecule has 0 aliphatic heterocycles. The Balaban J connectivity index is 2.13. The van der Waals surface area contributed by atoms with E-state index in [1.807, 2.05) is 30.3 Å². The van der Waals surface area contributed by atoms with Crippen LogP contribution >= 0.6 is 15.9 Å². The van der Waals surface area contributed by atoms with Gasteiger partial charge in [-0.3, -0.25) is 4.79 Å². The first-order chi connectivity index (χ1) is 10.6. The van der Waals surface area contributed by atoms with E-state index in [4.69, 9.17) is 9.84 Å². The van der Waals surface area contributed by atoms with Crippen molar-refractivity contribution in [2.24, 2.45) is 0 Å². The number of aromatic nitrogens is 1. The van der Waals surface area contributed by atoms with Crippen molar-refractivity contribution in [1.29, 1.82) is 0 Å². The molecule has 2 rings (SSSR count). The number of aliphatic carboxylic acids is 1. The molecule has 1 aromatic carbocycles. The van der Waals surface area contributed by atoms with Gasteiger partial charge in [0.05, 0.1) is 4.47 Å². The largest absolute Gasteiger partial charge is 0.480 e. The minimum Gasteiger partial charge on any atom is -0.480 e. The van der Waals surface area contributed by atoms with Gasteiger partial charge in [0, 0.05) is 6.20 Å². The van der Waals surface area contributed by atoms with Crippen LogP contribution in [0.1, 0.15) is 5.56 Å². The van der Waals surface area contributed by atoms with Crippen LogP contribution in [-0.4, -0.2) is 28.7 Å². The lowest BCUT2D eigenvalue weighted by Crippen LogP contribution is -2.37. The SMILES string of the molecule is O=C(O)CN(C(=O)OCc1ccccc1)c1ncccc1Br. The third-order valence-electron chi connectivity index (χ3n) is 2.71. The summed E-state index contributed by atoms with van der Waals surface area (Å²) in [7, 11) is 0. The number of anilines is 1. The first-order valence-corrected chi connectivity index (χ1v) is 7.18. The number of carbonyl (C=O) groups excluding carboxylic acids is 1. The molecule has 1 amide bonds. The molecule has 1 aromatic heterocycles. The normalized spacial score (nSPS) is 10.0. The molecule has 0 spiro atoms. The fourth-order valence-electron chi connectivity index (χ4n) is 1.73. The highest BCUT2D eigenvalue weighted by Crippen LogP contribution is 2.23. The minimum absolute atomic E-state index is 0.0558. The lowest BCUT2D eigenvalue weighted by Gasteiger charge is -2.20. The maximum absolute atomic E-state index is 12.2. The zero-order valence-electron chi connectivity index (χ0n) is 11.5. The van der Waals surface area contributed by atoms with Crippen molar-refractivity contribution in [2.75, 3.05) is 11.4 Å². The summed E-state index contributed by atoms with van der Waals surface area (Å²) in [5.41, 5.74) is 0.811. The van der Waals surface area contributed by atoms with Crippen LogP contribution in [0.25, 0.3) is 0 Å². The van der Waals surface area contributed by atoms with Gasteiger partial charge in [0.25, 0.3) is 0 Å². The van der Waals surface area contributed by atoms with Crippen LogP contribution in [0.5, 0.6) is 0 Å². The monoisotopic (exact) mass is 364 g/mol. The molecule has 6 nitrogen and oxygen atoms in total. The summed E-state index contributed by atoms with van der Waals surface area (Å²) in [6.07, 6.45) is 0.699. The lowest BCUT2D eigenvalue weighted by molar-refractivity contribution is -0.135. The molecule has 7 heteroatoms.